The van der Waals surface area contributed by atoms with Gasteiger partial charge in [0.1, 0.15) is 4.90 Å². The number of fused-ring (bicyclic) bond motifs is 1. The molecule has 0 bridgehead atoms. The van der Waals surface area contributed by atoms with Gasteiger partial charge in [0.15, 0.2) is 0 Å². The highest BCUT2D eigenvalue weighted by Crippen LogP contribution is 2.32. The van der Waals surface area contributed by atoms with E-state index in [1.54, 1.807) is 17.8 Å². The number of benzene rings is 1. The zero-order valence-electron chi connectivity index (χ0n) is 13.2. The molecule has 6 heteroatoms. The molecule has 1 aromatic heterocycles. The molecule has 3 rings (SSSR count). The number of sulfonamides is 1. The van der Waals surface area contributed by atoms with Gasteiger partial charge in [-0.1, -0.05) is 18.2 Å². The van der Waals surface area contributed by atoms with Crippen molar-refractivity contribution < 1.29 is 8.42 Å². The largest absolute Gasteiger partial charge is 0.269 e. The van der Waals surface area contributed by atoms with Crippen LogP contribution in [0.15, 0.2) is 35.4 Å². The van der Waals surface area contributed by atoms with E-state index in [1.165, 1.54) is 4.31 Å². The zero-order chi connectivity index (χ0) is 15.9. The molecule has 1 aliphatic heterocycles. The van der Waals surface area contributed by atoms with Crippen molar-refractivity contribution in [3.8, 4) is 0 Å². The number of hydrogen-bond acceptors (Lipinski definition) is 3. The third-order valence-corrected chi connectivity index (χ3v) is 5.95. The molecular weight excluding hydrogens is 298 g/mol. The van der Waals surface area contributed by atoms with Crippen LogP contribution in [0.1, 0.15) is 37.6 Å². The van der Waals surface area contributed by atoms with E-state index in [-0.39, 0.29) is 6.04 Å². The van der Waals surface area contributed by atoms with Crippen LogP contribution in [0.3, 0.4) is 0 Å². The summed E-state index contributed by atoms with van der Waals surface area (Å²) in [5.41, 5.74) is 2.44. The molecule has 0 saturated carbocycles. The highest BCUT2D eigenvalue weighted by atomic mass is 32.2. The van der Waals surface area contributed by atoms with Crippen molar-refractivity contribution in [2.75, 3.05) is 10.8 Å². The highest BCUT2D eigenvalue weighted by Gasteiger charge is 2.31. The lowest BCUT2D eigenvalue weighted by Gasteiger charge is -2.30. The van der Waals surface area contributed by atoms with Crippen LogP contribution in [0.2, 0.25) is 0 Å². The summed E-state index contributed by atoms with van der Waals surface area (Å²) in [6, 6.07) is 7.86. The van der Waals surface area contributed by atoms with E-state index in [2.05, 4.69) is 5.10 Å². The predicted molar refractivity (Wildman–Crippen MR) is 86.6 cm³/mol. The molecule has 118 valence electrons. The second-order valence-electron chi connectivity index (χ2n) is 5.96. The second-order valence-corrected chi connectivity index (χ2v) is 7.79. The summed E-state index contributed by atoms with van der Waals surface area (Å²) < 4.78 is 29.4. The van der Waals surface area contributed by atoms with Gasteiger partial charge in [0.25, 0.3) is 10.0 Å². The number of aryl methyl sites for hydroxylation is 2. The highest BCUT2D eigenvalue weighted by molar-refractivity contribution is 7.92. The molecule has 1 aromatic carbocycles. The standard InChI is InChI=1S/C16H21N3O2S/c1-12(2)18-11-16(13(3)17-18)22(20,21)19-10-6-8-14-7-4-5-9-15(14)19/h4-5,7,9,11-12H,6,8,10H2,1-3H3. The molecule has 0 saturated heterocycles. The lowest BCUT2D eigenvalue weighted by atomic mass is 10.0. The third kappa shape index (κ3) is 2.41. The fourth-order valence-electron chi connectivity index (χ4n) is 2.85. The van der Waals surface area contributed by atoms with E-state index in [4.69, 9.17) is 0 Å². The van der Waals surface area contributed by atoms with Gasteiger partial charge >= 0.3 is 0 Å². The maximum Gasteiger partial charge on any atom is 0.267 e. The number of aromatic nitrogens is 2. The number of anilines is 1. The number of rotatable bonds is 3. The van der Waals surface area contributed by atoms with Crippen LogP contribution in [-0.2, 0) is 16.4 Å². The Morgan fingerprint density at radius 3 is 2.64 bits per heavy atom. The summed E-state index contributed by atoms with van der Waals surface area (Å²) in [6.45, 7) is 6.24. The van der Waals surface area contributed by atoms with Crippen molar-refractivity contribution >= 4 is 15.7 Å². The Kier molecular flexibility index (Phi) is 3.72. The Balaban J connectivity index is 2.08. The lowest BCUT2D eigenvalue weighted by Crippen LogP contribution is -2.35. The van der Waals surface area contributed by atoms with Crippen LogP contribution >= 0.6 is 0 Å². The minimum Gasteiger partial charge on any atom is -0.269 e. The molecular formula is C16H21N3O2S. The average molecular weight is 319 g/mol. The molecule has 0 amide bonds. The SMILES string of the molecule is Cc1nn(C(C)C)cc1S(=O)(=O)N1CCCc2ccccc21. The second kappa shape index (κ2) is 5.43. The quantitative estimate of drug-likeness (QED) is 0.874. The van der Waals surface area contributed by atoms with Crippen LogP contribution in [0.4, 0.5) is 5.69 Å². The van der Waals surface area contributed by atoms with Crippen molar-refractivity contribution in [3.05, 3.63) is 41.7 Å². The van der Waals surface area contributed by atoms with Gasteiger partial charge in [0, 0.05) is 18.8 Å². The van der Waals surface area contributed by atoms with Crippen molar-refractivity contribution in [3.63, 3.8) is 0 Å². The molecule has 0 spiro atoms. The minimum absolute atomic E-state index is 0.135. The number of para-hydroxylation sites is 1. The fourth-order valence-corrected chi connectivity index (χ4v) is 4.55. The van der Waals surface area contributed by atoms with Gasteiger partial charge in [0.2, 0.25) is 0 Å². The first-order valence-corrected chi connectivity index (χ1v) is 9.01. The molecule has 0 radical (unpaired) electrons. The maximum absolute atomic E-state index is 13.1. The normalized spacial score (nSPS) is 15.2. The van der Waals surface area contributed by atoms with Crippen LogP contribution in [-0.4, -0.2) is 24.7 Å². The van der Waals surface area contributed by atoms with Crippen LogP contribution in [0.5, 0.6) is 0 Å². The molecule has 0 atom stereocenters. The molecule has 0 unspecified atom stereocenters. The summed E-state index contributed by atoms with van der Waals surface area (Å²) in [5.74, 6) is 0. The van der Waals surface area contributed by atoms with Crippen molar-refractivity contribution in [2.45, 2.75) is 44.6 Å². The van der Waals surface area contributed by atoms with Crippen LogP contribution in [0.25, 0.3) is 0 Å². The van der Waals surface area contributed by atoms with Crippen molar-refractivity contribution in [2.24, 2.45) is 0 Å². The molecule has 5 nitrogen and oxygen atoms in total. The predicted octanol–water partition coefficient (Wildman–Crippen LogP) is 2.91. The molecule has 0 N–H and O–H groups in total. The van der Waals surface area contributed by atoms with E-state index in [0.29, 0.717) is 17.1 Å². The van der Waals surface area contributed by atoms with E-state index in [0.717, 1.165) is 24.1 Å². The smallest absolute Gasteiger partial charge is 0.267 e. The van der Waals surface area contributed by atoms with Crippen LogP contribution < -0.4 is 4.31 Å². The van der Waals surface area contributed by atoms with Crippen molar-refractivity contribution in [1.82, 2.24) is 9.78 Å². The van der Waals surface area contributed by atoms with E-state index >= 15 is 0 Å². The lowest BCUT2D eigenvalue weighted by molar-refractivity contribution is 0.528. The molecule has 22 heavy (non-hydrogen) atoms. The van der Waals surface area contributed by atoms with Crippen molar-refractivity contribution in [1.29, 1.82) is 0 Å². The Morgan fingerprint density at radius 2 is 1.95 bits per heavy atom. The van der Waals surface area contributed by atoms with E-state index < -0.39 is 10.0 Å². The maximum atomic E-state index is 13.1. The van der Waals surface area contributed by atoms with E-state index in [1.807, 2.05) is 38.1 Å². The summed E-state index contributed by atoms with van der Waals surface area (Å²) in [5, 5.41) is 4.34. The first-order chi connectivity index (χ1) is 10.4. The molecule has 2 heterocycles. The number of nitrogens with zero attached hydrogens (tertiary/aromatic N) is 3. The van der Waals surface area contributed by atoms with Crippen LogP contribution in [0, 0.1) is 6.92 Å². The summed E-state index contributed by atoms with van der Waals surface area (Å²) >= 11 is 0. The molecule has 1 aliphatic rings. The van der Waals surface area contributed by atoms with E-state index in [9.17, 15) is 8.42 Å². The topological polar surface area (TPSA) is 55.2 Å². The van der Waals surface area contributed by atoms with Gasteiger partial charge in [-0.3, -0.25) is 8.99 Å². The molecule has 0 fully saturated rings. The molecule has 0 aliphatic carbocycles. The third-order valence-electron chi connectivity index (χ3n) is 4.04. The Labute approximate surface area is 131 Å². The van der Waals surface area contributed by atoms with Gasteiger partial charge < -0.3 is 0 Å². The Morgan fingerprint density at radius 1 is 1.23 bits per heavy atom. The number of hydrogen-bond donors (Lipinski definition) is 0. The van der Waals surface area contributed by atoms with Gasteiger partial charge in [-0.25, -0.2) is 8.42 Å². The Bertz CT molecular complexity index is 793. The van der Waals surface area contributed by atoms with Gasteiger partial charge in [0.05, 0.1) is 11.4 Å². The van der Waals surface area contributed by atoms with Gasteiger partial charge in [-0.15, -0.1) is 0 Å². The summed E-state index contributed by atoms with van der Waals surface area (Å²) in [6.07, 6.45) is 3.41. The monoisotopic (exact) mass is 319 g/mol. The fraction of sp³-hybridized carbons (Fsp3) is 0.438. The summed E-state index contributed by atoms with van der Waals surface area (Å²) in [4.78, 5) is 0.304. The Hall–Kier alpha value is -1.82. The van der Waals surface area contributed by atoms with Gasteiger partial charge in [-0.05, 0) is 45.2 Å². The van der Waals surface area contributed by atoms with Gasteiger partial charge in [-0.2, -0.15) is 5.10 Å². The average Bonchev–Trinajstić information content (AvgIpc) is 2.89. The first-order valence-electron chi connectivity index (χ1n) is 7.57. The first kappa shape index (κ1) is 15.1. The summed E-state index contributed by atoms with van der Waals surface area (Å²) in [7, 11) is -3.57. The molecule has 2 aromatic rings. The minimum atomic E-state index is -3.57. The zero-order valence-corrected chi connectivity index (χ0v) is 14.0.